The Labute approximate surface area is 174 Å². The number of nitrogens with zero attached hydrogens (tertiary/aromatic N) is 3. The lowest BCUT2D eigenvalue weighted by Gasteiger charge is -2.46. The molecule has 0 radical (unpaired) electrons. The van der Waals surface area contributed by atoms with Gasteiger partial charge in [-0.2, -0.15) is 0 Å². The average Bonchev–Trinajstić information content (AvgIpc) is 3.16. The van der Waals surface area contributed by atoms with Gasteiger partial charge in [-0.3, -0.25) is 9.69 Å². The van der Waals surface area contributed by atoms with E-state index < -0.39 is 0 Å². The third kappa shape index (κ3) is 5.48. The van der Waals surface area contributed by atoms with Crippen LogP contribution in [0.2, 0.25) is 5.02 Å². The number of benzene rings is 1. The molecular formula is C20H25ClN4O4. The van der Waals surface area contributed by atoms with E-state index in [9.17, 15) is 4.79 Å². The van der Waals surface area contributed by atoms with Crippen LogP contribution in [0.3, 0.4) is 0 Å². The van der Waals surface area contributed by atoms with Crippen molar-refractivity contribution in [2.75, 3.05) is 26.2 Å². The Balaban J connectivity index is 0.000000755. The van der Waals surface area contributed by atoms with Crippen LogP contribution in [0.4, 0.5) is 4.79 Å². The molecule has 9 heteroatoms. The Morgan fingerprint density at radius 3 is 2.66 bits per heavy atom. The van der Waals surface area contributed by atoms with E-state index in [1.165, 1.54) is 32.4 Å². The molecule has 0 aliphatic carbocycles. The average molecular weight is 421 g/mol. The Bertz CT molecular complexity index is 816. The third-order valence-corrected chi connectivity index (χ3v) is 5.51. The molecule has 2 saturated heterocycles. The number of carbonyl (C=O) groups is 2. The fourth-order valence-corrected chi connectivity index (χ4v) is 3.83. The topological polar surface area (TPSA) is 98.9 Å². The summed E-state index contributed by atoms with van der Waals surface area (Å²) < 4.78 is 5.35. The van der Waals surface area contributed by atoms with Crippen LogP contribution in [0, 0.1) is 0 Å². The van der Waals surface area contributed by atoms with Crippen LogP contribution in [0.15, 0.2) is 34.9 Å². The number of likely N-dealkylation sites (tertiary alicyclic amines) is 2. The van der Waals surface area contributed by atoms with Crippen molar-refractivity contribution in [3.8, 4) is 11.3 Å². The van der Waals surface area contributed by atoms with Gasteiger partial charge in [-0.1, -0.05) is 35.3 Å². The Morgan fingerprint density at radius 1 is 1.28 bits per heavy atom. The Kier molecular flexibility index (Phi) is 7.48. The van der Waals surface area contributed by atoms with Crippen molar-refractivity contribution in [3.63, 3.8) is 0 Å². The lowest BCUT2D eigenvalue weighted by atomic mass is 10.0. The monoisotopic (exact) mass is 420 g/mol. The minimum absolute atomic E-state index is 0.0412. The predicted molar refractivity (Wildman–Crippen MR) is 109 cm³/mol. The van der Waals surface area contributed by atoms with Gasteiger partial charge in [0.2, 0.25) is 0 Å². The van der Waals surface area contributed by atoms with Gasteiger partial charge in [0.05, 0.1) is 11.6 Å². The van der Waals surface area contributed by atoms with E-state index in [-0.39, 0.29) is 12.5 Å². The highest BCUT2D eigenvalue weighted by Crippen LogP contribution is 2.28. The van der Waals surface area contributed by atoms with Crippen LogP contribution in [-0.2, 0) is 11.3 Å². The summed E-state index contributed by atoms with van der Waals surface area (Å²) in [7, 11) is 0. The van der Waals surface area contributed by atoms with Gasteiger partial charge >= 0.3 is 6.03 Å². The van der Waals surface area contributed by atoms with Gasteiger partial charge in [-0.15, -0.1) is 0 Å². The first-order chi connectivity index (χ1) is 14.1. The van der Waals surface area contributed by atoms with E-state index in [0.717, 1.165) is 18.7 Å². The molecule has 0 spiro atoms. The SMILES string of the molecule is O=C(NCc1cc(-c2ccccc2Cl)on1)N1CC(N2CCCCC2)C1.O=CO. The molecule has 1 aromatic carbocycles. The van der Waals surface area contributed by atoms with Crippen molar-refractivity contribution in [1.82, 2.24) is 20.3 Å². The molecule has 2 fully saturated rings. The quantitative estimate of drug-likeness (QED) is 0.737. The molecule has 8 nitrogen and oxygen atoms in total. The van der Waals surface area contributed by atoms with Crippen LogP contribution < -0.4 is 5.32 Å². The molecule has 2 aliphatic rings. The number of carbonyl (C=O) groups excluding carboxylic acids is 1. The van der Waals surface area contributed by atoms with Crippen molar-refractivity contribution >= 4 is 24.1 Å². The lowest BCUT2D eigenvalue weighted by Crippen LogP contribution is -2.63. The second-order valence-corrected chi connectivity index (χ2v) is 7.49. The maximum Gasteiger partial charge on any atom is 0.317 e. The summed E-state index contributed by atoms with van der Waals surface area (Å²) in [6.45, 7) is 4.07. The molecule has 2 aliphatic heterocycles. The number of hydrogen-bond donors (Lipinski definition) is 2. The zero-order chi connectivity index (χ0) is 20.6. The maximum absolute atomic E-state index is 12.3. The highest BCUT2D eigenvalue weighted by atomic mass is 35.5. The fourth-order valence-electron chi connectivity index (χ4n) is 3.60. The first-order valence-corrected chi connectivity index (χ1v) is 10.1. The summed E-state index contributed by atoms with van der Waals surface area (Å²) in [5.41, 5.74) is 1.48. The Morgan fingerprint density at radius 2 is 1.97 bits per heavy atom. The molecule has 0 saturated carbocycles. The molecule has 4 rings (SSSR count). The third-order valence-electron chi connectivity index (χ3n) is 5.18. The molecule has 0 unspecified atom stereocenters. The first-order valence-electron chi connectivity index (χ1n) is 9.67. The second-order valence-electron chi connectivity index (χ2n) is 7.08. The molecule has 0 atom stereocenters. The van der Waals surface area contributed by atoms with Crippen LogP contribution in [0.1, 0.15) is 25.0 Å². The van der Waals surface area contributed by atoms with Gasteiger partial charge in [0, 0.05) is 30.8 Å². The van der Waals surface area contributed by atoms with Crippen LogP contribution in [0.25, 0.3) is 11.3 Å². The molecular weight excluding hydrogens is 396 g/mol. The summed E-state index contributed by atoms with van der Waals surface area (Å²) in [6.07, 6.45) is 3.90. The number of carboxylic acid groups (broad SMARTS) is 1. The van der Waals surface area contributed by atoms with E-state index in [4.69, 9.17) is 26.0 Å². The van der Waals surface area contributed by atoms with E-state index in [1.807, 2.05) is 35.2 Å². The van der Waals surface area contributed by atoms with Crippen molar-refractivity contribution in [2.45, 2.75) is 31.8 Å². The van der Waals surface area contributed by atoms with Crippen molar-refractivity contribution in [1.29, 1.82) is 0 Å². The smallest absolute Gasteiger partial charge is 0.317 e. The molecule has 3 heterocycles. The summed E-state index contributed by atoms with van der Waals surface area (Å²) in [5.74, 6) is 0.606. The molecule has 29 heavy (non-hydrogen) atoms. The molecule has 2 amide bonds. The number of piperidine rings is 1. The number of urea groups is 1. The second kappa shape index (κ2) is 10.3. The normalized spacial score (nSPS) is 17.1. The molecule has 0 bridgehead atoms. The van der Waals surface area contributed by atoms with E-state index in [1.54, 1.807) is 0 Å². The van der Waals surface area contributed by atoms with Gasteiger partial charge < -0.3 is 19.8 Å². The van der Waals surface area contributed by atoms with E-state index in [2.05, 4.69) is 15.4 Å². The first kappa shape index (κ1) is 21.1. The lowest BCUT2D eigenvalue weighted by molar-refractivity contribution is -0.122. The molecule has 156 valence electrons. The fraction of sp³-hybridized carbons (Fsp3) is 0.450. The number of aromatic nitrogens is 1. The van der Waals surface area contributed by atoms with Crippen LogP contribution in [0.5, 0.6) is 0 Å². The van der Waals surface area contributed by atoms with Gasteiger partial charge in [-0.05, 0) is 38.1 Å². The van der Waals surface area contributed by atoms with Gasteiger partial charge in [0.25, 0.3) is 6.47 Å². The van der Waals surface area contributed by atoms with Crippen LogP contribution >= 0.6 is 11.6 Å². The molecule has 2 N–H and O–H groups in total. The summed E-state index contributed by atoms with van der Waals surface area (Å²) in [5, 5.41) is 14.4. The van der Waals surface area contributed by atoms with Crippen molar-refractivity contribution < 1.29 is 19.2 Å². The number of rotatable bonds is 4. The standard InChI is InChI=1S/C19H23ClN4O2.CH2O2/c20-17-7-3-2-6-16(17)18-10-14(22-26-18)11-21-19(25)24-12-15(13-24)23-8-4-1-5-9-23;2-1-3/h2-3,6-7,10,15H,1,4-5,8-9,11-13H2,(H,21,25);1H,(H,2,3). The molecule has 1 aromatic heterocycles. The maximum atomic E-state index is 12.3. The summed E-state index contributed by atoms with van der Waals surface area (Å²) >= 11 is 6.17. The summed E-state index contributed by atoms with van der Waals surface area (Å²) in [6, 6.07) is 9.76. The zero-order valence-corrected chi connectivity index (χ0v) is 16.8. The van der Waals surface area contributed by atoms with Crippen molar-refractivity contribution in [3.05, 3.63) is 41.0 Å². The highest BCUT2D eigenvalue weighted by Gasteiger charge is 2.35. The largest absolute Gasteiger partial charge is 0.483 e. The van der Waals surface area contributed by atoms with Gasteiger partial charge in [0.1, 0.15) is 5.69 Å². The number of hydrogen-bond acceptors (Lipinski definition) is 5. The number of nitrogens with one attached hydrogen (secondary N) is 1. The minimum Gasteiger partial charge on any atom is -0.483 e. The van der Waals surface area contributed by atoms with E-state index in [0.29, 0.717) is 29.1 Å². The number of amides is 2. The van der Waals surface area contributed by atoms with Gasteiger partial charge in [-0.25, -0.2) is 4.79 Å². The minimum atomic E-state index is -0.250. The summed E-state index contributed by atoms with van der Waals surface area (Å²) in [4.78, 5) is 25.0. The highest BCUT2D eigenvalue weighted by molar-refractivity contribution is 6.33. The van der Waals surface area contributed by atoms with E-state index >= 15 is 0 Å². The van der Waals surface area contributed by atoms with Crippen molar-refractivity contribution in [2.24, 2.45) is 0 Å². The molecule has 2 aromatic rings. The zero-order valence-electron chi connectivity index (χ0n) is 16.1. The predicted octanol–water partition coefficient (Wildman–Crippen LogP) is 3.08. The number of halogens is 1. The van der Waals surface area contributed by atoms with Crippen LogP contribution in [-0.4, -0.2) is 64.8 Å². The van der Waals surface area contributed by atoms with Gasteiger partial charge in [0.15, 0.2) is 5.76 Å². The Hall–Kier alpha value is -2.58.